The molecule has 0 fully saturated rings. The monoisotopic (exact) mass is 331 g/mol. The second-order valence-electron chi connectivity index (χ2n) is 5.47. The summed E-state index contributed by atoms with van der Waals surface area (Å²) in [5, 5.41) is 10.8. The number of fused-ring (bicyclic) bond motifs is 2. The van der Waals surface area contributed by atoms with E-state index in [1.807, 2.05) is 6.07 Å². The molecule has 1 aromatic heterocycles. The number of aromatic nitrogens is 1. The molecule has 0 bridgehead atoms. The third kappa shape index (κ3) is 2.82. The number of rotatable bonds is 4. The van der Waals surface area contributed by atoms with Crippen molar-refractivity contribution in [3.63, 3.8) is 0 Å². The summed E-state index contributed by atoms with van der Waals surface area (Å²) in [6.45, 7) is 2.01. The molecule has 0 spiro atoms. The number of amidine groups is 1. The van der Waals surface area contributed by atoms with Gasteiger partial charge in [-0.15, -0.1) is 0 Å². The van der Waals surface area contributed by atoms with Gasteiger partial charge in [0.1, 0.15) is 12.4 Å². The van der Waals surface area contributed by atoms with Gasteiger partial charge in [0.2, 0.25) is 5.76 Å². The largest absolute Gasteiger partial charge is 0.485 e. The highest BCUT2D eigenvalue weighted by Crippen LogP contribution is 2.18. The number of aromatic amines is 1. The number of alkyl halides is 1. The number of hydrogen-bond donors (Lipinski definition) is 4. The number of H-pyrrole nitrogens is 1. The van der Waals surface area contributed by atoms with Crippen LogP contribution in [0.25, 0.3) is 10.9 Å². The molecule has 6 nitrogen and oxygen atoms in total. The summed E-state index contributed by atoms with van der Waals surface area (Å²) in [4.78, 5) is 7.70. The van der Waals surface area contributed by atoms with E-state index in [4.69, 9.17) is 16.3 Å². The molecule has 2 aromatic rings. The van der Waals surface area contributed by atoms with E-state index in [2.05, 4.69) is 50.3 Å². The van der Waals surface area contributed by atoms with Crippen molar-refractivity contribution in [2.24, 2.45) is 4.99 Å². The van der Waals surface area contributed by atoms with Crippen molar-refractivity contribution in [1.82, 2.24) is 20.9 Å². The first-order chi connectivity index (χ1) is 11.3. The molecular weight excluding hydrogens is 314 g/mol. The van der Waals surface area contributed by atoms with E-state index < -0.39 is 5.62 Å². The predicted molar refractivity (Wildman–Crippen MR) is 91.2 cm³/mol. The highest BCUT2D eigenvalue weighted by molar-refractivity contribution is 6.22. The summed E-state index contributed by atoms with van der Waals surface area (Å²) in [7, 11) is 0. The van der Waals surface area contributed by atoms with Crippen molar-refractivity contribution < 1.29 is 4.74 Å². The molecule has 2 aliphatic rings. The summed E-state index contributed by atoms with van der Waals surface area (Å²) in [6, 6.07) is 8.31. The van der Waals surface area contributed by atoms with Crippen LogP contribution in [0, 0.1) is 0 Å². The highest BCUT2D eigenvalue weighted by atomic mass is 35.5. The molecule has 1 aromatic carbocycles. The number of ether oxygens (including phenoxy) is 1. The van der Waals surface area contributed by atoms with Gasteiger partial charge in [0.25, 0.3) is 0 Å². The van der Waals surface area contributed by atoms with Gasteiger partial charge in [0.15, 0.2) is 11.5 Å². The lowest BCUT2D eigenvalue weighted by Crippen LogP contribution is -2.52. The zero-order valence-corrected chi connectivity index (χ0v) is 13.3. The van der Waals surface area contributed by atoms with Crippen molar-refractivity contribution in [1.29, 1.82) is 0 Å². The molecule has 0 aliphatic carbocycles. The molecule has 120 valence electrons. The van der Waals surface area contributed by atoms with Crippen molar-refractivity contribution in [3.05, 3.63) is 47.6 Å². The first-order valence-electron chi connectivity index (χ1n) is 7.69. The van der Waals surface area contributed by atoms with Crippen molar-refractivity contribution in [3.8, 4) is 0 Å². The predicted octanol–water partition coefficient (Wildman–Crippen LogP) is 1.61. The Balaban J connectivity index is 1.47. The molecule has 1 unspecified atom stereocenters. The highest BCUT2D eigenvalue weighted by Gasteiger charge is 2.26. The Morgan fingerprint density at radius 2 is 2.22 bits per heavy atom. The zero-order chi connectivity index (χ0) is 15.6. The smallest absolute Gasteiger partial charge is 0.201 e. The van der Waals surface area contributed by atoms with Gasteiger partial charge in [-0.05, 0) is 18.1 Å². The van der Waals surface area contributed by atoms with Crippen molar-refractivity contribution in [2.45, 2.75) is 12.0 Å². The zero-order valence-electron chi connectivity index (χ0n) is 12.5. The molecule has 23 heavy (non-hydrogen) atoms. The first-order valence-corrected chi connectivity index (χ1v) is 8.13. The molecule has 7 heteroatoms. The molecular formula is C16H18ClN5O. The van der Waals surface area contributed by atoms with E-state index in [-0.39, 0.29) is 0 Å². The molecule has 0 saturated carbocycles. The summed E-state index contributed by atoms with van der Waals surface area (Å²) in [6.07, 6.45) is 2.96. The van der Waals surface area contributed by atoms with Gasteiger partial charge in [-0.25, -0.2) is 0 Å². The van der Waals surface area contributed by atoms with Crippen LogP contribution in [0.5, 0.6) is 0 Å². The average Bonchev–Trinajstić information content (AvgIpc) is 2.98. The van der Waals surface area contributed by atoms with Crippen molar-refractivity contribution >= 4 is 28.3 Å². The minimum atomic E-state index is -0.394. The number of hydrogen-bond acceptors (Lipinski definition) is 5. The van der Waals surface area contributed by atoms with Gasteiger partial charge in [0, 0.05) is 23.6 Å². The Morgan fingerprint density at radius 1 is 1.30 bits per heavy atom. The van der Waals surface area contributed by atoms with E-state index in [0.29, 0.717) is 24.7 Å². The van der Waals surface area contributed by atoms with E-state index in [9.17, 15) is 0 Å². The normalized spacial score (nSPS) is 20.2. The van der Waals surface area contributed by atoms with Gasteiger partial charge < -0.3 is 25.7 Å². The van der Waals surface area contributed by atoms with Crippen LogP contribution >= 0.6 is 11.6 Å². The van der Waals surface area contributed by atoms with Crippen LogP contribution in [-0.4, -0.2) is 36.1 Å². The maximum Gasteiger partial charge on any atom is 0.201 e. The summed E-state index contributed by atoms with van der Waals surface area (Å²) in [5.41, 5.74) is 2.05. The van der Waals surface area contributed by atoms with Gasteiger partial charge in [0.05, 0.1) is 6.54 Å². The molecule has 0 saturated heterocycles. The lowest BCUT2D eigenvalue weighted by Gasteiger charge is -2.30. The Labute approximate surface area is 139 Å². The van der Waals surface area contributed by atoms with E-state index in [1.54, 1.807) is 0 Å². The van der Waals surface area contributed by atoms with Crippen molar-refractivity contribution in [2.75, 3.05) is 19.7 Å². The van der Waals surface area contributed by atoms with Gasteiger partial charge in [-0.3, -0.25) is 4.99 Å². The molecule has 4 rings (SSSR count). The summed E-state index contributed by atoms with van der Waals surface area (Å²) >= 11 is 6.15. The quantitative estimate of drug-likeness (QED) is 0.507. The Morgan fingerprint density at radius 3 is 3.17 bits per heavy atom. The van der Waals surface area contributed by atoms with Crippen LogP contribution in [0.3, 0.4) is 0 Å². The second-order valence-corrected chi connectivity index (χ2v) is 5.91. The van der Waals surface area contributed by atoms with E-state index >= 15 is 0 Å². The lowest BCUT2D eigenvalue weighted by molar-refractivity contribution is 0.216. The maximum atomic E-state index is 6.15. The van der Waals surface area contributed by atoms with E-state index in [1.165, 1.54) is 10.9 Å². The molecule has 3 heterocycles. The van der Waals surface area contributed by atoms with Crippen LogP contribution in [0.15, 0.2) is 47.0 Å². The topological polar surface area (TPSA) is 73.5 Å². The SMILES string of the molecule is ClC1NC2=NCCOC2=C(NCCc2c[nH]c3ccccc23)N1. The number of nitrogens with zero attached hydrogens (tertiary/aromatic N) is 1. The molecule has 2 aliphatic heterocycles. The van der Waals surface area contributed by atoms with Crippen LogP contribution in [0.4, 0.5) is 0 Å². The summed E-state index contributed by atoms with van der Waals surface area (Å²) in [5.74, 6) is 2.22. The van der Waals surface area contributed by atoms with E-state index in [0.717, 1.165) is 24.3 Å². The van der Waals surface area contributed by atoms with Crippen LogP contribution < -0.4 is 16.0 Å². The second kappa shape index (κ2) is 6.04. The number of benzene rings is 1. The number of nitrogens with one attached hydrogen (secondary N) is 4. The molecule has 4 N–H and O–H groups in total. The number of halogens is 1. The minimum Gasteiger partial charge on any atom is -0.485 e. The van der Waals surface area contributed by atoms with Crippen LogP contribution in [-0.2, 0) is 11.2 Å². The minimum absolute atomic E-state index is 0.394. The molecule has 0 amide bonds. The van der Waals surface area contributed by atoms with Crippen LogP contribution in [0.2, 0.25) is 0 Å². The fourth-order valence-corrected chi connectivity index (χ4v) is 3.10. The average molecular weight is 332 g/mol. The number of aliphatic imine (C=N–C) groups is 1. The standard InChI is InChI=1S/C16H18ClN5O/c17-16-21-14(13-15(22-16)19-7-8-23-13)18-6-5-10-9-20-12-4-2-1-3-11(10)12/h1-4,9,16,18,20-21H,5-8H2,(H,19,22). The lowest BCUT2D eigenvalue weighted by atomic mass is 10.1. The molecule has 1 atom stereocenters. The molecule has 0 radical (unpaired) electrons. The fourth-order valence-electron chi connectivity index (χ4n) is 2.89. The first kappa shape index (κ1) is 14.3. The third-order valence-electron chi connectivity index (χ3n) is 3.96. The Kier molecular flexibility index (Phi) is 3.75. The number of para-hydroxylation sites is 1. The third-order valence-corrected chi connectivity index (χ3v) is 4.17. The fraction of sp³-hybridized carbons (Fsp3) is 0.312. The maximum absolute atomic E-state index is 6.15. The van der Waals surface area contributed by atoms with Crippen LogP contribution in [0.1, 0.15) is 5.56 Å². The Hall–Kier alpha value is -2.34. The van der Waals surface area contributed by atoms with Gasteiger partial charge >= 0.3 is 0 Å². The summed E-state index contributed by atoms with van der Waals surface area (Å²) < 4.78 is 5.70. The van der Waals surface area contributed by atoms with Gasteiger partial charge in [-0.2, -0.15) is 0 Å². The van der Waals surface area contributed by atoms with Gasteiger partial charge in [-0.1, -0.05) is 29.8 Å². The Bertz CT molecular complexity index is 782.